The van der Waals surface area contributed by atoms with Gasteiger partial charge in [0.15, 0.2) is 0 Å². The molecule has 4 nitrogen and oxygen atoms in total. The summed E-state index contributed by atoms with van der Waals surface area (Å²) in [5, 5.41) is 3.14. The Morgan fingerprint density at radius 1 is 1.42 bits per heavy atom. The van der Waals surface area contributed by atoms with Crippen molar-refractivity contribution in [3.05, 3.63) is 29.3 Å². The van der Waals surface area contributed by atoms with E-state index in [2.05, 4.69) is 23.5 Å². The fourth-order valence-corrected chi connectivity index (χ4v) is 2.55. The normalized spacial score (nSPS) is 14.9. The van der Waals surface area contributed by atoms with E-state index in [0.29, 0.717) is 13.0 Å². The summed E-state index contributed by atoms with van der Waals surface area (Å²) in [6, 6.07) is 6.31. The maximum Gasteiger partial charge on any atom is 0.232 e. The molecule has 4 heteroatoms. The third-order valence-corrected chi connectivity index (χ3v) is 3.74. The first kappa shape index (κ1) is 14.0. The number of nitrogens with one attached hydrogen (secondary N) is 1. The average Bonchev–Trinajstić information content (AvgIpc) is 2.72. The molecule has 1 amide bonds. The van der Waals surface area contributed by atoms with E-state index >= 15 is 0 Å². The zero-order valence-corrected chi connectivity index (χ0v) is 12.0. The van der Waals surface area contributed by atoms with Gasteiger partial charge >= 0.3 is 0 Å². The maximum absolute atomic E-state index is 12.2. The first-order chi connectivity index (χ1) is 8.99. The van der Waals surface area contributed by atoms with Gasteiger partial charge in [-0.25, -0.2) is 0 Å². The lowest BCUT2D eigenvalue weighted by atomic mass is 10.0. The molecule has 2 rings (SSSR count). The first-order valence-corrected chi connectivity index (χ1v) is 6.79. The number of carbonyl (C=O) groups is 1. The van der Waals surface area contributed by atoms with Gasteiger partial charge in [-0.2, -0.15) is 0 Å². The van der Waals surface area contributed by atoms with Gasteiger partial charge in [0, 0.05) is 12.2 Å². The number of hydrogen-bond acceptors (Lipinski definition) is 3. The summed E-state index contributed by atoms with van der Waals surface area (Å²) in [6.07, 6.45) is 1.48. The molecule has 1 aliphatic heterocycles. The van der Waals surface area contributed by atoms with Crippen LogP contribution in [0.5, 0.6) is 0 Å². The standard InChI is InChI=1S/C15H23N3O/c1-15(2,10-16)18-13-5-4-11(6-7-17-3)8-12(13)9-14(18)19/h4-5,8,17H,6-7,9-10,16H2,1-3H3. The van der Waals surface area contributed by atoms with Crippen molar-refractivity contribution in [2.75, 3.05) is 25.0 Å². The van der Waals surface area contributed by atoms with Crippen molar-refractivity contribution in [1.82, 2.24) is 5.32 Å². The molecule has 0 saturated carbocycles. The molecule has 0 atom stereocenters. The summed E-state index contributed by atoms with van der Waals surface area (Å²) < 4.78 is 0. The van der Waals surface area contributed by atoms with Crippen molar-refractivity contribution in [2.24, 2.45) is 5.73 Å². The first-order valence-electron chi connectivity index (χ1n) is 6.79. The number of hydrogen-bond donors (Lipinski definition) is 2. The van der Waals surface area contributed by atoms with E-state index < -0.39 is 0 Å². The van der Waals surface area contributed by atoms with E-state index in [1.54, 1.807) is 0 Å². The largest absolute Gasteiger partial charge is 0.328 e. The maximum atomic E-state index is 12.2. The van der Waals surface area contributed by atoms with E-state index in [1.807, 2.05) is 25.8 Å². The molecule has 3 N–H and O–H groups in total. The monoisotopic (exact) mass is 261 g/mol. The molecule has 1 aromatic carbocycles. The number of nitrogens with two attached hydrogens (primary N) is 1. The van der Waals surface area contributed by atoms with Crippen molar-refractivity contribution in [3.63, 3.8) is 0 Å². The van der Waals surface area contributed by atoms with Crippen LogP contribution in [-0.4, -0.2) is 31.6 Å². The second-order valence-corrected chi connectivity index (χ2v) is 5.74. The van der Waals surface area contributed by atoms with Crippen LogP contribution >= 0.6 is 0 Å². The molecule has 1 aliphatic rings. The molecule has 0 fully saturated rings. The van der Waals surface area contributed by atoms with Crippen LogP contribution in [0.25, 0.3) is 0 Å². The van der Waals surface area contributed by atoms with Crippen molar-refractivity contribution < 1.29 is 4.79 Å². The number of likely N-dealkylation sites (N-methyl/N-ethyl adjacent to an activating group) is 1. The minimum Gasteiger partial charge on any atom is -0.328 e. The predicted octanol–water partition coefficient (Wildman–Crippen LogP) is 1.07. The molecule has 104 valence electrons. The fourth-order valence-electron chi connectivity index (χ4n) is 2.55. The molecular formula is C15H23N3O. The molecule has 0 bridgehead atoms. The molecule has 0 radical (unpaired) electrons. The van der Waals surface area contributed by atoms with Gasteiger partial charge in [0.1, 0.15) is 0 Å². The minimum absolute atomic E-state index is 0.149. The van der Waals surface area contributed by atoms with Gasteiger partial charge in [0.05, 0.1) is 12.0 Å². The quantitative estimate of drug-likeness (QED) is 0.833. The highest BCUT2D eigenvalue weighted by molar-refractivity contribution is 6.02. The van der Waals surface area contributed by atoms with Gasteiger partial charge in [0.2, 0.25) is 5.91 Å². The molecule has 0 saturated heterocycles. The van der Waals surface area contributed by atoms with Gasteiger partial charge in [-0.3, -0.25) is 4.79 Å². The molecule has 1 heterocycles. The van der Waals surface area contributed by atoms with Crippen LogP contribution in [0.15, 0.2) is 18.2 Å². The zero-order valence-electron chi connectivity index (χ0n) is 12.0. The Morgan fingerprint density at radius 3 is 2.79 bits per heavy atom. The van der Waals surface area contributed by atoms with Crippen LogP contribution in [0.4, 0.5) is 5.69 Å². The van der Waals surface area contributed by atoms with Crippen LogP contribution in [0.1, 0.15) is 25.0 Å². The van der Waals surface area contributed by atoms with Gasteiger partial charge in [0.25, 0.3) is 0 Å². The Balaban J connectivity index is 2.30. The van der Waals surface area contributed by atoms with Crippen molar-refractivity contribution >= 4 is 11.6 Å². The number of nitrogens with zero attached hydrogens (tertiary/aromatic N) is 1. The molecule has 0 aromatic heterocycles. The Labute approximate surface area is 115 Å². The van der Waals surface area contributed by atoms with E-state index in [1.165, 1.54) is 5.56 Å². The molecule has 19 heavy (non-hydrogen) atoms. The van der Waals surface area contributed by atoms with Crippen molar-refractivity contribution in [3.8, 4) is 0 Å². The highest BCUT2D eigenvalue weighted by Gasteiger charge is 2.37. The summed E-state index contributed by atoms with van der Waals surface area (Å²) in [7, 11) is 1.95. The van der Waals surface area contributed by atoms with Crippen molar-refractivity contribution in [2.45, 2.75) is 32.2 Å². The Bertz CT molecular complexity index is 482. The number of amides is 1. The Kier molecular flexibility index (Phi) is 3.92. The summed E-state index contributed by atoms with van der Waals surface area (Å²) in [5.74, 6) is 0.149. The second kappa shape index (κ2) is 5.31. The van der Waals surface area contributed by atoms with Gasteiger partial charge in [-0.1, -0.05) is 12.1 Å². The fraction of sp³-hybridized carbons (Fsp3) is 0.533. The van der Waals surface area contributed by atoms with Gasteiger partial charge < -0.3 is 16.0 Å². The average molecular weight is 261 g/mol. The molecular weight excluding hydrogens is 238 g/mol. The molecule has 0 spiro atoms. The summed E-state index contributed by atoms with van der Waals surface area (Å²) in [4.78, 5) is 14.1. The zero-order chi connectivity index (χ0) is 14.0. The van der Waals surface area contributed by atoms with E-state index in [-0.39, 0.29) is 11.4 Å². The summed E-state index contributed by atoms with van der Waals surface area (Å²) in [5.41, 5.74) is 8.89. The van der Waals surface area contributed by atoms with E-state index in [9.17, 15) is 4.79 Å². The Hall–Kier alpha value is -1.39. The van der Waals surface area contributed by atoms with Crippen LogP contribution < -0.4 is 16.0 Å². The summed E-state index contributed by atoms with van der Waals surface area (Å²) >= 11 is 0. The highest BCUT2D eigenvalue weighted by atomic mass is 16.2. The number of benzene rings is 1. The van der Waals surface area contributed by atoms with Gasteiger partial charge in [-0.15, -0.1) is 0 Å². The summed E-state index contributed by atoms with van der Waals surface area (Å²) in [6.45, 7) is 5.42. The number of carbonyl (C=O) groups excluding carboxylic acids is 1. The third-order valence-electron chi connectivity index (χ3n) is 3.74. The van der Waals surface area contributed by atoms with Crippen molar-refractivity contribution in [1.29, 1.82) is 0 Å². The molecule has 0 unspecified atom stereocenters. The third kappa shape index (κ3) is 2.65. The SMILES string of the molecule is CNCCc1ccc2c(c1)CC(=O)N2C(C)(C)CN. The lowest BCUT2D eigenvalue weighted by Gasteiger charge is -2.35. The van der Waals surface area contributed by atoms with Crippen LogP contribution in [0.2, 0.25) is 0 Å². The van der Waals surface area contributed by atoms with Gasteiger partial charge in [-0.05, 0) is 51.1 Å². The number of anilines is 1. The molecule has 1 aromatic rings. The molecule has 0 aliphatic carbocycles. The van der Waals surface area contributed by atoms with E-state index in [4.69, 9.17) is 5.73 Å². The Morgan fingerprint density at radius 2 is 2.16 bits per heavy atom. The lowest BCUT2D eigenvalue weighted by molar-refractivity contribution is -0.118. The van der Waals surface area contributed by atoms with E-state index in [0.717, 1.165) is 24.2 Å². The number of fused-ring (bicyclic) bond motifs is 1. The smallest absolute Gasteiger partial charge is 0.232 e. The van der Waals surface area contributed by atoms with Crippen LogP contribution in [-0.2, 0) is 17.6 Å². The topological polar surface area (TPSA) is 58.4 Å². The lowest BCUT2D eigenvalue weighted by Crippen LogP contribution is -2.51. The highest BCUT2D eigenvalue weighted by Crippen LogP contribution is 2.34. The predicted molar refractivity (Wildman–Crippen MR) is 78.4 cm³/mol. The number of rotatable bonds is 5. The van der Waals surface area contributed by atoms with Crippen LogP contribution in [0, 0.1) is 0 Å². The van der Waals surface area contributed by atoms with Crippen LogP contribution in [0.3, 0.4) is 0 Å². The second-order valence-electron chi connectivity index (χ2n) is 5.74. The minimum atomic E-state index is -0.325.